The second-order valence-electron chi connectivity index (χ2n) is 10.9. The van der Waals surface area contributed by atoms with E-state index in [9.17, 15) is 14.7 Å². The molecule has 215 valence electrons. The van der Waals surface area contributed by atoms with Crippen molar-refractivity contribution in [2.45, 2.75) is 45.3 Å². The molecule has 1 radical (unpaired) electrons. The Bertz CT molecular complexity index is 1690. The number of carboxylic acids is 1. The molecule has 2 aliphatic rings. The van der Waals surface area contributed by atoms with Gasteiger partial charge in [-0.1, -0.05) is 37.6 Å². The maximum absolute atomic E-state index is 13.6. The van der Waals surface area contributed by atoms with Gasteiger partial charge in [0.15, 0.2) is 5.66 Å². The third kappa shape index (κ3) is 4.13. The van der Waals surface area contributed by atoms with E-state index in [2.05, 4.69) is 34.6 Å². The molecule has 1 aliphatic carbocycles. The predicted octanol–water partition coefficient (Wildman–Crippen LogP) is 4.09. The molecule has 3 heterocycles. The fourth-order valence-corrected chi connectivity index (χ4v) is 6.51. The molecule has 2 aromatic carbocycles. The van der Waals surface area contributed by atoms with E-state index < -0.39 is 23.0 Å². The summed E-state index contributed by atoms with van der Waals surface area (Å²) >= 11 is 0. The Morgan fingerprint density at radius 1 is 1.17 bits per heavy atom. The van der Waals surface area contributed by atoms with Gasteiger partial charge in [-0.25, -0.2) is 4.79 Å². The van der Waals surface area contributed by atoms with Gasteiger partial charge in [0.2, 0.25) is 5.91 Å². The highest BCUT2D eigenvalue weighted by molar-refractivity contribution is 5.95. The highest BCUT2D eigenvalue weighted by Crippen LogP contribution is 2.56. The van der Waals surface area contributed by atoms with E-state index in [-0.39, 0.29) is 5.70 Å². The molecule has 0 spiro atoms. The number of aromatic nitrogens is 3. The number of benzene rings is 2. The van der Waals surface area contributed by atoms with Crippen molar-refractivity contribution in [2.24, 2.45) is 11.1 Å². The lowest BCUT2D eigenvalue weighted by Crippen LogP contribution is -2.65. The van der Waals surface area contributed by atoms with Crippen LogP contribution in [0.25, 0.3) is 22.0 Å². The number of nitrogens with two attached hydrogens (primary N) is 1. The lowest BCUT2D eigenvalue weighted by molar-refractivity contribution is -0.135. The Hall–Kier alpha value is -4.70. The van der Waals surface area contributed by atoms with E-state index in [0.29, 0.717) is 30.8 Å². The van der Waals surface area contributed by atoms with Gasteiger partial charge in [-0.3, -0.25) is 14.9 Å². The van der Waals surface area contributed by atoms with Crippen molar-refractivity contribution in [2.75, 3.05) is 11.4 Å². The van der Waals surface area contributed by atoms with Gasteiger partial charge in [0.1, 0.15) is 16.8 Å². The van der Waals surface area contributed by atoms with Gasteiger partial charge in [-0.05, 0) is 73.7 Å². The average molecular weight is 565 g/mol. The van der Waals surface area contributed by atoms with Gasteiger partial charge in [-0.2, -0.15) is 5.10 Å². The normalized spacial score (nSPS) is 19.6. The summed E-state index contributed by atoms with van der Waals surface area (Å²) in [5.74, 6) is -1.69. The zero-order valence-electron chi connectivity index (χ0n) is 23.6. The number of anilines is 1. The Morgan fingerprint density at radius 3 is 2.67 bits per heavy atom. The number of nitrogens with one attached hydrogen (secondary N) is 3. The van der Waals surface area contributed by atoms with Crippen molar-refractivity contribution in [3.63, 3.8) is 0 Å². The summed E-state index contributed by atoms with van der Waals surface area (Å²) in [6.07, 6.45) is 9.03. The molecular formula is C32H34N7O3. The Labute approximate surface area is 244 Å². The van der Waals surface area contributed by atoms with Crippen LogP contribution in [0.15, 0.2) is 72.8 Å². The van der Waals surface area contributed by atoms with E-state index in [1.54, 1.807) is 0 Å². The molecule has 1 amide bonds. The number of carboxylic acid groups (broad SMARTS) is 1. The Morgan fingerprint density at radius 2 is 1.98 bits per heavy atom. The van der Waals surface area contributed by atoms with E-state index in [4.69, 9.17) is 10.8 Å². The lowest BCUT2D eigenvalue weighted by atomic mass is 9.69. The summed E-state index contributed by atoms with van der Waals surface area (Å²) in [5.41, 5.74) is 9.56. The molecule has 6 N–H and O–H groups in total. The fourth-order valence-electron chi connectivity index (χ4n) is 6.51. The molecule has 2 atom stereocenters. The van der Waals surface area contributed by atoms with Crippen LogP contribution in [0.3, 0.4) is 0 Å². The number of aromatic amines is 1. The maximum Gasteiger partial charge on any atom is 0.353 e. The molecule has 2 unspecified atom stereocenters. The van der Waals surface area contributed by atoms with Crippen LogP contribution in [0.5, 0.6) is 0 Å². The van der Waals surface area contributed by atoms with Gasteiger partial charge in [-0.15, -0.1) is 0 Å². The van der Waals surface area contributed by atoms with Crippen LogP contribution in [-0.4, -0.2) is 38.7 Å². The van der Waals surface area contributed by atoms with E-state index in [0.717, 1.165) is 46.1 Å². The van der Waals surface area contributed by atoms with E-state index >= 15 is 0 Å². The summed E-state index contributed by atoms with van der Waals surface area (Å²) < 4.78 is 0. The standard InChI is InChI=1S/C32H34N7O3/c1-3-34-16-22-17-35-18-25(20(22)2)21-11-12-26-24(15-21)28(38-37-26)32(31(30(33)42)13-7-8-14-31)36-27(29(40)41)19-39(32)23-9-5-4-6-10-23/h4-6,9-13,15,17-19,34,36H,3,7-8,14,16H2,1-2H3,(H2,33,42)(H,37,38)(H,40,41). The number of primary amides is 1. The van der Waals surface area contributed by atoms with Crippen LogP contribution < -0.4 is 21.3 Å². The molecule has 1 aliphatic heterocycles. The fraction of sp³-hybridized carbons (Fsp3) is 0.281. The number of aliphatic carboxylic acids is 1. The van der Waals surface area contributed by atoms with Crippen molar-refractivity contribution < 1.29 is 14.7 Å². The van der Waals surface area contributed by atoms with Gasteiger partial charge in [0, 0.05) is 41.8 Å². The second-order valence-corrected chi connectivity index (χ2v) is 10.9. The number of hydrogen-bond acceptors (Lipinski definition) is 7. The molecule has 1 saturated carbocycles. The number of para-hydroxylation sites is 1. The zero-order valence-corrected chi connectivity index (χ0v) is 23.6. The van der Waals surface area contributed by atoms with Gasteiger partial charge in [0.05, 0.1) is 5.52 Å². The number of carbonyl (C=O) groups is 2. The first kappa shape index (κ1) is 27.5. The van der Waals surface area contributed by atoms with Crippen LogP contribution in [-0.2, 0) is 21.8 Å². The number of amides is 1. The number of carbonyl (C=O) groups excluding carboxylic acids is 1. The summed E-state index contributed by atoms with van der Waals surface area (Å²) in [7, 11) is 0. The molecule has 42 heavy (non-hydrogen) atoms. The molecule has 6 rings (SSSR count). The number of rotatable bonds is 9. The van der Waals surface area contributed by atoms with Gasteiger partial charge in [0.25, 0.3) is 0 Å². The van der Waals surface area contributed by atoms with E-state index in [1.807, 2.05) is 72.2 Å². The monoisotopic (exact) mass is 564 g/mol. The quantitative estimate of drug-likeness (QED) is 0.204. The molecule has 10 nitrogen and oxygen atoms in total. The van der Waals surface area contributed by atoms with Crippen LogP contribution in [0.2, 0.25) is 0 Å². The first-order chi connectivity index (χ1) is 20.3. The van der Waals surface area contributed by atoms with Crippen LogP contribution in [0.1, 0.15) is 43.0 Å². The maximum atomic E-state index is 13.6. The van der Waals surface area contributed by atoms with Crippen LogP contribution in [0.4, 0.5) is 5.69 Å². The summed E-state index contributed by atoms with van der Waals surface area (Å²) in [4.78, 5) is 32.3. The van der Waals surface area contributed by atoms with Crippen LogP contribution in [0, 0.1) is 18.8 Å². The van der Waals surface area contributed by atoms with Crippen LogP contribution >= 0.6 is 0 Å². The van der Waals surface area contributed by atoms with Crippen molar-refractivity contribution >= 4 is 28.5 Å². The molecule has 10 heteroatoms. The summed E-state index contributed by atoms with van der Waals surface area (Å²) in [6.45, 7) is 5.71. The molecule has 4 aromatic rings. The second kappa shape index (κ2) is 10.6. The minimum atomic E-state index is -1.44. The average Bonchev–Trinajstić information content (AvgIpc) is 3.75. The van der Waals surface area contributed by atoms with Gasteiger partial charge < -0.3 is 26.4 Å². The SMILES string of the molecule is CCNCc1cncc(-c2ccc3[nH]nc(C4(C5(C(N)=O)[CH]CCC5)NC(C(=O)O)=CN4c4ccccc4)c3c2)c1C. The van der Waals surface area contributed by atoms with Crippen molar-refractivity contribution in [3.8, 4) is 11.1 Å². The highest BCUT2D eigenvalue weighted by atomic mass is 16.4. The smallest absolute Gasteiger partial charge is 0.353 e. The number of nitrogens with zero attached hydrogens (tertiary/aromatic N) is 3. The summed E-state index contributed by atoms with van der Waals surface area (Å²) in [6, 6.07) is 15.4. The number of H-pyrrole nitrogens is 1. The largest absolute Gasteiger partial charge is 0.477 e. The first-order valence-corrected chi connectivity index (χ1v) is 14.2. The van der Waals surface area contributed by atoms with Gasteiger partial charge >= 0.3 is 5.97 Å². The molecule has 2 aromatic heterocycles. The number of fused-ring (bicyclic) bond motifs is 1. The zero-order chi connectivity index (χ0) is 29.5. The molecule has 0 saturated heterocycles. The summed E-state index contributed by atoms with van der Waals surface area (Å²) in [5, 5.41) is 25.5. The number of pyridine rings is 1. The molecule has 1 fully saturated rings. The number of hydrogen-bond donors (Lipinski definition) is 5. The van der Waals surface area contributed by atoms with Crippen molar-refractivity contribution in [1.82, 2.24) is 25.8 Å². The third-order valence-corrected chi connectivity index (χ3v) is 8.65. The molecule has 0 bridgehead atoms. The Balaban J connectivity index is 1.61. The van der Waals surface area contributed by atoms with Crippen molar-refractivity contribution in [1.29, 1.82) is 0 Å². The third-order valence-electron chi connectivity index (χ3n) is 8.65. The topological polar surface area (TPSA) is 149 Å². The minimum Gasteiger partial charge on any atom is -0.477 e. The minimum absolute atomic E-state index is 0.0525. The Kier molecular flexibility index (Phi) is 6.94. The first-order valence-electron chi connectivity index (χ1n) is 14.2. The molecular weight excluding hydrogens is 530 g/mol. The highest BCUT2D eigenvalue weighted by Gasteiger charge is 2.65. The van der Waals surface area contributed by atoms with E-state index in [1.165, 1.54) is 6.20 Å². The van der Waals surface area contributed by atoms with Crippen molar-refractivity contribution in [3.05, 3.63) is 96.1 Å². The lowest BCUT2D eigenvalue weighted by Gasteiger charge is -2.49. The predicted molar refractivity (Wildman–Crippen MR) is 161 cm³/mol.